The average Bonchev–Trinajstić information content (AvgIpc) is 2.95. The van der Waals surface area contributed by atoms with Crippen LogP contribution in [-0.2, 0) is 4.79 Å². The topological polar surface area (TPSA) is 101 Å². The summed E-state index contributed by atoms with van der Waals surface area (Å²) in [4.78, 5) is 30.9. The number of hydrogen-bond donors (Lipinski definition) is 1. The molecule has 1 aliphatic heterocycles. The number of nitrogens with one attached hydrogen (secondary N) is 1. The van der Waals surface area contributed by atoms with Gasteiger partial charge in [-0.3, -0.25) is 14.6 Å². The van der Waals surface area contributed by atoms with Gasteiger partial charge in [0.15, 0.2) is 17.3 Å². The predicted octanol–water partition coefficient (Wildman–Crippen LogP) is 6.94. The molecule has 0 saturated carbocycles. The summed E-state index contributed by atoms with van der Waals surface area (Å²) in [6.07, 6.45) is 4.85. The van der Waals surface area contributed by atoms with Gasteiger partial charge in [0.25, 0.3) is 5.91 Å². The summed E-state index contributed by atoms with van der Waals surface area (Å²) >= 11 is 3.65. The summed E-state index contributed by atoms with van der Waals surface area (Å²) in [6.45, 7) is 10.2. The van der Waals surface area contributed by atoms with Crippen LogP contribution in [0, 0.1) is 23.2 Å². The molecule has 214 valence electrons. The van der Waals surface area contributed by atoms with Crippen molar-refractivity contribution < 1.29 is 19.1 Å². The number of Topliss-reactive ketones (excluding diaryl/α,β-unsaturated/α-hetero) is 1. The van der Waals surface area contributed by atoms with Crippen LogP contribution in [0.1, 0.15) is 68.3 Å². The normalized spacial score (nSPS) is 20.8. The molecule has 1 aliphatic carbocycles. The van der Waals surface area contributed by atoms with Gasteiger partial charge in [-0.05, 0) is 78.4 Å². The summed E-state index contributed by atoms with van der Waals surface area (Å²) in [6, 6.07) is 14.7. The monoisotopic (exact) mass is 617 g/mol. The van der Waals surface area contributed by atoms with Crippen LogP contribution in [0.5, 0.6) is 11.5 Å². The van der Waals surface area contributed by atoms with Crippen LogP contribution in [-0.4, -0.2) is 36.7 Å². The lowest BCUT2D eigenvalue weighted by Crippen LogP contribution is -2.37. The van der Waals surface area contributed by atoms with Gasteiger partial charge in [0.1, 0.15) is 6.61 Å². The molecule has 2 aromatic carbocycles. The van der Waals surface area contributed by atoms with E-state index in [9.17, 15) is 14.9 Å². The number of amides is 1. The molecule has 0 saturated heterocycles. The number of nitrogens with zero attached hydrogens (tertiary/aromatic N) is 2. The molecule has 1 N–H and O–H groups in total. The Bertz CT molecular complexity index is 1410. The third-order valence-corrected chi connectivity index (χ3v) is 8.13. The Morgan fingerprint density at radius 3 is 2.66 bits per heavy atom. The zero-order chi connectivity index (χ0) is 29.5. The Kier molecular flexibility index (Phi) is 10.2. The second-order valence-electron chi connectivity index (χ2n) is 10.4. The van der Waals surface area contributed by atoms with E-state index in [1.165, 1.54) is 0 Å². The van der Waals surface area contributed by atoms with E-state index in [4.69, 9.17) is 14.5 Å². The number of aliphatic imine (C=N–C) groups is 1. The lowest BCUT2D eigenvalue weighted by molar-refractivity contribution is -0.117. The number of rotatable bonds is 11. The van der Waals surface area contributed by atoms with Crippen molar-refractivity contribution in [2.45, 2.75) is 58.4 Å². The zero-order valence-electron chi connectivity index (χ0n) is 23.8. The molecular weight excluding hydrogens is 582 g/mol. The Hall–Kier alpha value is -3.70. The highest BCUT2D eigenvalue weighted by molar-refractivity contribution is 9.10. The van der Waals surface area contributed by atoms with Gasteiger partial charge in [0.2, 0.25) is 0 Å². The fourth-order valence-corrected chi connectivity index (χ4v) is 6.20. The molecule has 2 aliphatic rings. The minimum Gasteiger partial charge on any atom is -0.490 e. The van der Waals surface area contributed by atoms with Gasteiger partial charge >= 0.3 is 0 Å². The van der Waals surface area contributed by atoms with Gasteiger partial charge in [-0.15, -0.1) is 6.58 Å². The summed E-state index contributed by atoms with van der Waals surface area (Å²) in [5.74, 6) is 0.0776. The van der Waals surface area contributed by atoms with Crippen molar-refractivity contribution >= 4 is 33.3 Å². The van der Waals surface area contributed by atoms with E-state index in [0.29, 0.717) is 40.1 Å². The third kappa shape index (κ3) is 6.79. The van der Waals surface area contributed by atoms with Crippen molar-refractivity contribution in [3.05, 3.63) is 82.0 Å². The van der Waals surface area contributed by atoms with E-state index in [1.54, 1.807) is 30.3 Å². The molecule has 0 bridgehead atoms. The first-order valence-corrected chi connectivity index (χ1v) is 14.9. The Labute approximate surface area is 250 Å². The fourth-order valence-electron chi connectivity index (χ4n) is 5.63. The first-order chi connectivity index (χ1) is 19.8. The molecule has 4 unspecified atom stereocenters. The molecule has 4 atom stereocenters. The van der Waals surface area contributed by atoms with Gasteiger partial charge in [-0.1, -0.05) is 37.6 Å². The van der Waals surface area contributed by atoms with Gasteiger partial charge in [0, 0.05) is 34.9 Å². The molecule has 0 radical (unpaired) electrons. The number of carbonyl (C=O) groups excluding carboxylic acids is 2. The van der Waals surface area contributed by atoms with Crippen molar-refractivity contribution in [1.82, 2.24) is 5.32 Å². The van der Waals surface area contributed by atoms with Crippen molar-refractivity contribution in [2.75, 3.05) is 13.2 Å². The minimum absolute atomic E-state index is 0.0728. The Morgan fingerprint density at radius 2 is 2.00 bits per heavy atom. The highest BCUT2D eigenvalue weighted by Gasteiger charge is 2.41. The van der Waals surface area contributed by atoms with Gasteiger partial charge < -0.3 is 14.8 Å². The molecule has 0 aromatic heterocycles. The van der Waals surface area contributed by atoms with E-state index in [0.717, 1.165) is 36.2 Å². The van der Waals surface area contributed by atoms with Crippen LogP contribution < -0.4 is 14.8 Å². The number of hydrogen-bond acceptors (Lipinski definition) is 6. The van der Waals surface area contributed by atoms with E-state index in [-0.39, 0.29) is 24.2 Å². The largest absolute Gasteiger partial charge is 0.490 e. The molecule has 0 fully saturated rings. The highest BCUT2D eigenvalue weighted by Crippen LogP contribution is 2.48. The van der Waals surface area contributed by atoms with Gasteiger partial charge in [0.05, 0.1) is 29.1 Å². The van der Waals surface area contributed by atoms with Gasteiger partial charge in [-0.2, -0.15) is 5.26 Å². The molecule has 4 rings (SSSR count). The Balaban J connectivity index is 1.63. The SMILES string of the molecule is C=CC(COc1c(Br)cc(C2C3=C(CC(CCC)CC3=O)N=C(C)C2C#N)cc1OCC)NC(=O)c1ccccc1. The standard InChI is InChI=1S/C33H36BrN3O4/c1-5-11-21-14-27-31(28(38)15-21)30(25(18-35)20(4)36-27)23-16-26(34)32(29(17-23)40-7-3)41-19-24(6-2)37-33(39)22-12-9-8-10-13-22/h6,8-10,12-13,16-17,21,24-25,30H,2,5,7,11,14-15,19H2,1,3-4H3,(H,37,39). The summed E-state index contributed by atoms with van der Waals surface area (Å²) in [5, 5.41) is 13.1. The third-order valence-electron chi connectivity index (χ3n) is 7.54. The van der Waals surface area contributed by atoms with E-state index < -0.39 is 17.9 Å². The molecule has 7 nitrogen and oxygen atoms in total. The summed E-state index contributed by atoms with van der Waals surface area (Å²) < 4.78 is 12.8. The van der Waals surface area contributed by atoms with Crippen molar-refractivity contribution in [3.63, 3.8) is 0 Å². The van der Waals surface area contributed by atoms with E-state index in [1.807, 2.05) is 32.0 Å². The number of ether oxygens (including phenoxy) is 2. The molecule has 41 heavy (non-hydrogen) atoms. The van der Waals surface area contributed by atoms with Crippen molar-refractivity contribution in [1.29, 1.82) is 5.26 Å². The number of nitriles is 1. The molecule has 2 aromatic rings. The van der Waals surface area contributed by atoms with Crippen LogP contribution in [0.25, 0.3) is 0 Å². The second kappa shape index (κ2) is 13.8. The summed E-state index contributed by atoms with van der Waals surface area (Å²) in [7, 11) is 0. The fraction of sp³-hybridized carbons (Fsp3) is 0.394. The Morgan fingerprint density at radius 1 is 1.24 bits per heavy atom. The van der Waals surface area contributed by atoms with Crippen LogP contribution in [0.2, 0.25) is 0 Å². The lowest BCUT2D eigenvalue weighted by Gasteiger charge is -2.35. The maximum absolute atomic E-state index is 13.5. The van der Waals surface area contributed by atoms with Crippen LogP contribution in [0.3, 0.4) is 0 Å². The molecule has 1 heterocycles. The van der Waals surface area contributed by atoms with Gasteiger partial charge in [-0.25, -0.2) is 0 Å². The van der Waals surface area contributed by atoms with Crippen LogP contribution in [0.4, 0.5) is 0 Å². The average molecular weight is 619 g/mol. The van der Waals surface area contributed by atoms with E-state index >= 15 is 0 Å². The van der Waals surface area contributed by atoms with Crippen LogP contribution >= 0.6 is 15.9 Å². The number of ketones is 1. The first-order valence-electron chi connectivity index (χ1n) is 14.1. The quantitative estimate of drug-likeness (QED) is 0.275. The number of benzene rings is 2. The summed E-state index contributed by atoms with van der Waals surface area (Å²) in [5.41, 5.74) is 3.52. The van der Waals surface area contributed by atoms with E-state index in [2.05, 4.69) is 40.8 Å². The number of carbonyl (C=O) groups is 2. The number of halogens is 1. The molecular formula is C33H36BrN3O4. The first kappa shape index (κ1) is 30.3. The smallest absolute Gasteiger partial charge is 0.251 e. The maximum atomic E-state index is 13.5. The molecule has 1 amide bonds. The van der Waals surface area contributed by atoms with Crippen LogP contribution in [0.15, 0.2) is 75.9 Å². The minimum atomic E-state index is -0.563. The zero-order valence-corrected chi connectivity index (χ0v) is 25.4. The predicted molar refractivity (Wildman–Crippen MR) is 163 cm³/mol. The van der Waals surface area contributed by atoms with Crippen molar-refractivity contribution in [3.8, 4) is 17.6 Å². The molecule has 8 heteroatoms. The second-order valence-corrected chi connectivity index (χ2v) is 11.3. The lowest BCUT2D eigenvalue weighted by atomic mass is 9.70. The maximum Gasteiger partial charge on any atom is 0.251 e. The van der Waals surface area contributed by atoms with Crippen molar-refractivity contribution in [2.24, 2.45) is 16.8 Å². The number of allylic oxidation sites excluding steroid dienone is 2. The highest BCUT2D eigenvalue weighted by atomic mass is 79.9. The molecule has 0 spiro atoms.